The van der Waals surface area contributed by atoms with Crippen LogP contribution in [0.25, 0.3) is 0 Å². The monoisotopic (exact) mass is 367 g/mol. The van der Waals surface area contributed by atoms with E-state index >= 15 is 0 Å². The minimum Gasteiger partial charge on any atom is -0.277 e. The molecule has 0 spiro atoms. The fraction of sp³-hybridized carbons (Fsp3) is 0. The molecule has 17 heavy (non-hydrogen) atoms. The van der Waals surface area contributed by atoms with Crippen LogP contribution in [0.5, 0.6) is 0 Å². The van der Waals surface area contributed by atoms with Crippen molar-refractivity contribution in [2.45, 2.75) is 5.03 Å². The van der Waals surface area contributed by atoms with Crippen LogP contribution in [0.2, 0.25) is 0 Å². The molecule has 0 saturated heterocycles. The fourth-order valence-corrected chi connectivity index (χ4v) is 2.95. The van der Waals surface area contributed by atoms with Crippen molar-refractivity contribution in [3.63, 3.8) is 0 Å². The van der Waals surface area contributed by atoms with E-state index in [9.17, 15) is 12.8 Å². The first kappa shape index (κ1) is 12.3. The summed E-state index contributed by atoms with van der Waals surface area (Å²) in [5, 5.41) is 5.87. The van der Waals surface area contributed by atoms with Gasteiger partial charge in [-0.1, -0.05) is 0 Å². The maximum atomic E-state index is 12.9. The Hall–Kier alpha value is -1.16. The minimum atomic E-state index is -3.70. The summed E-state index contributed by atoms with van der Waals surface area (Å²) >= 11 is 1.85. The number of aromatic amines is 1. The van der Waals surface area contributed by atoms with Gasteiger partial charge in [-0.3, -0.25) is 9.82 Å². The van der Waals surface area contributed by atoms with Gasteiger partial charge in [0.25, 0.3) is 10.0 Å². The number of halogens is 2. The normalized spacial score (nSPS) is 11.4. The van der Waals surface area contributed by atoms with Crippen LogP contribution in [0.4, 0.5) is 10.1 Å². The van der Waals surface area contributed by atoms with Gasteiger partial charge >= 0.3 is 0 Å². The number of sulfonamides is 1. The highest BCUT2D eigenvalue weighted by Crippen LogP contribution is 2.21. The van der Waals surface area contributed by atoms with Crippen LogP contribution < -0.4 is 4.72 Å². The van der Waals surface area contributed by atoms with Gasteiger partial charge in [0.15, 0.2) is 5.03 Å². The molecule has 1 heterocycles. The average molecular weight is 367 g/mol. The molecule has 2 aromatic rings. The van der Waals surface area contributed by atoms with E-state index in [4.69, 9.17) is 0 Å². The molecule has 90 valence electrons. The number of nitrogens with one attached hydrogen (secondary N) is 2. The van der Waals surface area contributed by atoms with Crippen molar-refractivity contribution >= 4 is 38.3 Å². The lowest BCUT2D eigenvalue weighted by atomic mass is 10.3. The second-order valence-corrected chi connectivity index (χ2v) is 5.96. The fourth-order valence-electron chi connectivity index (χ4n) is 1.16. The van der Waals surface area contributed by atoms with Crippen molar-refractivity contribution in [1.29, 1.82) is 0 Å². The lowest BCUT2D eigenvalue weighted by molar-refractivity contribution is 0.597. The van der Waals surface area contributed by atoms with Crippen LogP contribution in [0.3, 0.4) is 0 Å². The minimum absolute atomic E-state index is 0.0439. The molecule has 2 rings (SSSR count). The average Bonchev–Trinajstić information content (AvgIpc) is 2.76. The highest BCUT2D eigenvalue weighted by Gasteiger charge is 2.16. The third-order valence-corrected chi connectivity index (χ3v) is 4.13. The van der Waals surface area contributed by atoms with E-state index in [1.54, 1.807) is 0 Å². The van der Waals surface area contributed by atoms with Crippen LogP contribution in [-0.4, -0.2) is 18.6 Å². The van der Waals surface area contributed by atoms with Gasteiger partial charge in [-0.2, -0.15) is 13.5 Å². The van der Waals surface area contributed by atoms with Gasteiger partial charge in [0.2, 0.25) is 0 Å². The zero-order chi connectivity index (χ0) is 12.5. The summed E-state index contributed by atoms with van der Waals surface area (Å²) in [6.07, 6.45) is 1.34. The van der Waals surface area contributed by atoms with Gasteiger partial charge in [0, 0.05) is 3.57 Å². The molecule has 0 aliphatic heterocycles. The van der Waals surface area contributed by atoms with Gasteiger partial charge in [0.1, 0.15) is 5.82 Å². The molecule has 0 fully saturated rings. The number of aromatic nitrogens is 2. The first-order valence-electron chi connectivity index (χ1n) is 4.46. The quantitative estimate of drug-likeness (QED) is 0.815. The molecular formula is C9H7FIN3O2S. The molecule has 0 unspecified atom stereocenters. The van der Waals surface area contributed by atoms with Crippen molar-refractivity contribution in [3.05, 3.63) is 39.8 Å². The molecule has 0 radical (unpaired) electrons. The zero-order valence-electron chi connectivity index (χ0n) is 8.31. The number of hydrogen-bond acceptors (Lipinski definition) is 3. The van der Waals surface area contributed by atoms with Crippen LogP contribution in [0, 0.1) is 9.39 Å². The smallest absolute Gasteiger partial charge is 0.277 e. The Morgan fingerprint density at radius 3 is 2.71 bits per heavy atom. The summed E-state index contributed by atoms with van der Waals surface area (Å²) in [7, 11) is -3.70. The molecule has 0 atom stereocenters. The molecule has 5 nitrogen and oxygen atoms in total. The topological polar surface area (TPSA) is 74.8 Å². The lowest BCUT2D eigenvalue weighted by Crippen LogP contribution is -2.14. The summed E-state index contributed by atoms with van der Waals surface area (Å²) in [4.78, 5) is 0. The maximum absolute atomic E-state index is 12.9. The van der Waals surface area contributed by atoms with Crippen LogP contribution in [0.15, 0.2) is 35.5 Å². The number of rotatable bonds is 3. The van der Waals surface area contributed by atoms with Crippen LogP contribution >= 0.6 is 22.6 Å². The Balaban J connectivity index is 2.33. The van der Waals surface area contributed by atoms with Crippen molar-refractivity contribution in [2.75, 3.05) is 4.72 Å². The highest BCUT2D eigenvalue weighted by atomic mass is 127. The van der Waals surface area contributed by atoms with E-state index in [2.05, 4.69) is 14.9 Å². The molecule has 2 N–H and O–H groups in total. The first-order chi connectivity index (χ1) is 7.99. The summed E-state index contributed by atoms with van der Waals surface area (Å²) in [6, 6.07) is 5.13. The Labute approximate surface area is 111 Å². The van der Waals surface area contributed by atoms with E-state index < -0.39 is 15.8 Å². The SMILES string of the molecule is O=S(=O)(Nc1ccc(F)cc1I)c1ccn[nH]1. The number of benzene rings is 1. The van der Waals surface area contributed by atoms with E-state index in [0.29, 0.717) is 9.26 Å². The Bertz CT molecular complexity index is 628. The highest BCUT2D eigenvalue weighted by molar-refractivity contribution is 14.1. The Kier molecular flexibility index (Phi) is 3.33. The first-order valence-corrected chi connectivity index (χ1v) is 7.02. The third-order valence-electron chi connectivity index (χ3n) is 1.94. The predicted molar refractivity (Wildman–Crippen MR) is 68.5 cm³/mol. The van der Waals surface area contributed by atoms with Gasteiger partial charge in [-0.15, -0.1) is 0 Å². The number of nitrogens with zero attached hydrogens (tertiary/aromatic N) is 1. The summed E-state index contributed by atoms with van der Waals surface area (Å²) < 4.78 is 39.3. The zero-order valence-corrected chi connectivity index (χ0v) is 11.3. The molecule has 1 aromatic carbocycles. The van der Waals surface area contributed by atoms with Crippen molar-refractivity contribution < 1.29 is 12.8 Å². The van der Waals surface area contributed by atoms with Gasteiger partial charge in [0.05, 0.1) is 11.9 Å². The van der Waals surface area contributed by atoms with Gasteiger partial charge < -0.3 is 0 Å². The molecule has 0 aliphatic rings. The maximum Gasteiger partial charge on any atom is 0.278 e. The number of anilines is 1. The summed E-state index contributed by atoms with van der Waals surface area (Å²) in [5.74, 6) is -0.418. The largest absolute Gasteiger partial charge is 0.278 e. The molecular weight excluding hydrogens is 360 g/mol. The van der Waals surface area contributed by atoms with E-state index in [1.165, 1.54) is 30.5 Å². The summed E-state index contributed by atoms with van der Waals surface area (Å²) in [5.41, 5.74) is 0.321. The van der Waals surface area contributed by atoms with Crippen molar-refractivity contribution in [3.8, 4) is 0 Å². The Morgan fingerprint density at radius 1 is 1.35 bits per heavy atom. The Morgan fingerprint density at radius 2 is 2.12 bits per heavy atom. The van der Waals surface area contributed by atoms with E-state index in [1.807, 2.05) is 22.6 Å². The van der Waals surface area contributed by atoms with Gasteiger partial charge in [-0.05, 0) is 46.9 Å². The number of hydrogen-bond donors (Lipinski definition) is 2. The second-order valence-electron chi connectivity index (χ2n) is 3.15. The van der Waals surface area contributed by atoms with Crippen molar-refractivity contribution in [2.24, 2.45) is 0 Å². The standard InChI is InChI=1S/C9H7FIN3O2S/c10-6-1-2-8(7(11)5-6)14-17(15,16)9-3-4-12-13-9/h1-5,14H,(H,12,13). The molecule has 0 amide bonds. The lowest BCUT2D eigenvalue weighted by Gasteiger charge is -2.07. The molecule has 8 heteroatoms. The van der Waals surface area contributed by atoms with Crippen LogP contribution in [0.1, 0.15) is 0 Å². The number of H-pyrrole nitrogens is 1. The second kappa shape index (κ2) is 4.61. The van der Waals surface area contributed by atoms with Crippen LogP contribution in [-0.2, 0) is 10.0 Å². The van der Waals surface area contributed by atoms with Gasteiger partial charge in [-0.25, -0.2) is 4.39 Å². The molecule has 1 aromatic heterocycles. The molecule has 0 bridgehead atoms. The molecule has 0 saturated carbocycles. The van der Waals surface area contributed by atoms with Crippen molar-refractivity contribution in [1.82, 2.24) is 10.2 Å². The molecule has 0 aliphatic carbocycles. The van der Waals surface area contributed by atoms with E-state index in [0.717, 1.165) is 0 Å². The third kappa shape index (κ3) is 2.75. The summed E-state index contributed by atoms with van der Waals surface area (Å²) in [6.45, 7) is 0. The predicted octanol–water partition coefficient (Wildman–Crippen LogP) is 1.95. The van der Waals surface area contributed by atoms with E-state index in [-0.39, 0.29) is 5.03 Å².